The highest BCUT2D eigenvalue weighted by atomic mass is 32.2. The maximum absolute atomic E-state index is 2.29. The topological polar surface area (TPSA) is 0 Å². The van der Waals surface area contributed by atoms with Gasteiger partial charge in [0.25, 0.3) is 0 Å². The lowest BCUT2D eigenvalue weighted by atomic mass is 10.2. The summed E-state index contributed by atoms with van der Waals surface area (Å²) in [5.41, 5.74) is 0. The van der Waals surface area contributed by atoms with Crippen molar-refractivity contribution in [2.45, 2.75) is 22.7 Å². The Morgan fingerprint density at radius 3 is 2.67 bits per heavy atom. The minimum absolute atomic E-state index is 0.796. The second-order valence-electron chi connectivity index (χ2n) is 2.83. The molecule has 3 heteroatoms. The number of hydrogen-bond donors (Lipinski definition) is 0. The first-order valence-electron chi connectivity index (χ1n) is 4.19. The van der Waals surface area contributed by atoms with E-state index in [0.717, 1.165) is 9.83 Å². The molecule has 2 atom stereocenters. The van der Waals surface area contributed by atoms with Crippen LogP contribution in [0, 0.1) is 0 Å². The molecular formula is C9H12S3. The maximum atomic E-state index is 2.29. The summed E-state index contributed by atoms with van der Waals surface area (Å²) in [6.07, 6.45) is 7.18. The fourth-order valence-electron chi connectivity index (χ4n) is 1.31. The third kappa shape index (κ3) is 2.27. The summed E-state index contributed by atoms with van der Waals surface area (Å²) >= 11 is 6.10. The molecule has 2 heterocycles. The van der Waals surface area contributed by atoms with Crippen molar-refractivity contribution in [3.8, 4) is 0 Å². The molecule has 0 aliphatic carbocycles. The van der Waals surface area contributed by atoms with Crippen LogP contribution in [0.5, 0.6) is 0 Å². The van der Waals surface area contributed by atoms with Crippen LogP contribution in [0.2, 0.25) is 0 Å². The highest BCUT2D eigenvalue weighted by Gasteiger charge is 2.23. The van der Waals surface area contributed by atoms with Crippen molar-refractivity contribution in [3.05, 3.63) is 23.0 Å². The van der Waals surface area contributed by atoms with Crippen LogP contribution in [0.3, 0.4) is 0 Å². The van der Waals surface area contributed by atoms with Crippen molar-refractivity contribution in [3.63, 3.8) is 0 Å². The Kier molecular flexibility index (Phi) is 3.55. The van der Waals surface area contributed by atoms with E-state index in [2.05, 4.69) is 34.7 Å². The molecular weight excluding hydrogens is 204 g/mol. The van der Waals surface area contributed by atoms with Gasteiger partial charge in [0.1, 0.15) is 0 Å². The zero-order chi connectivity index (χ0) is 8.23. The van der Waals surface area contributed by atoms with Crippen molar-refractivity contribution in [1.82, 2.24) is 0 Å². The monoisotopic (exact) mass is 216 g/mol. The van der Waals surface area contributed by atoms with Gasteiger partial charge in [-0.15, -0.1) is 35.3 Å². The molecule has 2 aliphatic heterocycles. The van der Waals surface area contributed by atoms with Crippen LogP contribution in [-0.4, -0.2) is 15.6 Å². The first-order valence-corrected chi connectivity index (χ1v) is 7.13. The van der Waals surface area contributed by atoms with Gasteiger partial charge in [0.2, 0.25) is 0 Å². The van der Waals surface area contributed by atoms with Crippen LogP contribution in [0.15, 0.2) is 23.0 Å². The molecule has 66 valence electrons. The minimum atomic E-state index is 0.796. The average Bonchev–Trinajstić information content (AvgIpc) is 2.21. The second kappa shape index (κ2) is 4.68. The first-order chi connectivity index (χ1) is 5.97. The van der Waals surface area contributed by atoms with Crippen LogP contribution < -0.4 is 0 Å². The minimum Gasteiger partial charge on any atom is -0.142 e. The lowest BCUT2D eigenvalue weighted by Crippen LogP contribution is -2.18. The normalized spacial score (nSPS) is 35.3. The molecule has 2 rings (SSSR count). The van der Waals surface area contributed by atoms with E-state index >= 15 is 0 Å². The van der Waals surface area contributed by atoms with Crippen molar-refractivity contribution in [2.24, 2.45) is 0 Å². The molecule has 0 spiro atoms. The molecule has 2 unspecified atom stereocenters. The van der Waals surface area contributed by atoms with Crippen molar-refractivity contribution in [2.75, 3.05) is 5.75 Å². The van der Waals surface area contributed by atoms with Gasteiger partial charge in [-0.25, -0.2) is 0 Å². The van der Waals surface area contributed by atoms with E-state index in [1.165, 1.54) is 18.6 Å². The quantitative estimate of drug-likeness (QED) is 0.656. The van der Waals surface area contributed by atoms with Gasteiger partial charge in [-0.2, -0.15) is 0 Å². The Morgan fingerprint density at radius 2 is 2.00 bits per heavy atom. The molecule has 0 nitrogen and oxygen atoms in total. The summed E-state index contributed by atoms with van der Waals surface area (Å²) in [5.74, 6) is 1.21. The third-order valence-electron chi connectivity index (χ3n) is 1.94. The lowest BCUT2D eigenvalue weighted by Gasteiger charge is -2.26. The number of thioether (sulfide) groups is 3. The summed E-state index contributed by atoms with van der Waals surface area (Å²) in [6, 6.07) is 0. The predicted octanol–water partition coefficient (Wildman–Crippen LogP) is 3.72. The summed E-state index contributed by atoms with van der Waals surface area (Å²) in [7, 11) is 0. The van der Waals surface area contributed by atoms with Gasteiger partial charge < -0.3 is 0 Å². The highest BCUT2D eigenvalue weighted by molar-refractivity contribution is 8.20. The van der Waals surface area contributed by atoms with Crippen LogP contribution in [0.1, 0.15) is 12.8 Å². The Bertz CT molecular complexity index is 176. The maximum Gasteiger partial charge on any atom is 0.0668 e. The van der Waals surface area contributed by atoms with E-state index in [0.29, 0.717) is 0 Å². The Hall–Kier alpha value is 0.530. The number of rotatable bonds is 1. The van der Waals surface area contributed by atoms with Gasteiger partial charge in [-0.05, 0) is 23.7 Å². The zero-order valence-electron chi connectivity index (χ0n) is 6.81. The van der Waals surface area contributed by atoms with Gasteiger partial charge in [-0.1, -0.05) is 12.2 Å². The molecule has 0 fully saturated rings. The largest absolute Gasteiger partial charge is 0.142 e. The van der Waals surface area contributed by atoms with E-state index in [4.69, 9.17) is 0 Å². The molecule has 0 aromatic rings. The second-order valence-corrected chi connectivity index (χ2v) is 6.51. The summed E-state index contributed by atoms with van der Waals surface area (Å²) in [6.45, 7) is 0. The highest BCUT2D eigenvalue weighted by Crippen LogP contribution is 2.40. The molecule has 0 bridgehead atoms. The van der Waals surface area contributed by atoms with Crippen LogP contribution >= 0.6 is 35.3 Å². The van der Waals surface area contributed by atoms with Gasteiger partial charge in [0.15, 0.2) is 0 Å². The number of hydrogen-bond acceptors (Lipinski definition) is 3. The van der Waals surface area contributed by atoms with E-state index in [1.807, 2.05) is 23.5 Å². The lowest BCUT2D eigenvalue weighted by molar-refractivity contribution is 0.818. The fourth-order valence-corrected chi connectivity index (χ4v) is 5.26. The van der Waals surface area contributed by atoms with Gasteiger partial charge in [0, 0.05) is 11.0 Å². The summed E-state index contributed by atoms with van der Waals surface area (Å²) in [5, 5.41) is 5.38. The van der Waals surface area contributed by atoms with Crippen LogP contribution in [0.25, 0.3) is 0 Å². The van der Waals surface area contributed by atoms with Crippen molar-refractivity contribution in [1.29, 1.82) is 0 Å². The summed E-state index contributed by atoms with van der Waals surface area (Å²) < 4.78 is 0.796. The molecule has 0 amide bonds. The zero-order valence-corrected chi connectivity index (χ0v) is 9.26. The Morgan fingerprint density at radius 1 is 1.08 bits per heavy atom. The van der Waals surface area contributed by atoms with Crippen LogP contribution in [-0.2, 0) is 0 Å². The summed E-state index contributed by atoms with van der Waals surface area (Å²) in [4.78, 5) is 0. The molecule has 0 aromatic heterocycles. The van der Waals surface area contributed by atoms with E-state index < -0.39 is 0 Å². The molecule has 0 aromatic carbocycles. The van der Waals surface area contributed by atoms with Gasteiger partial charge >= 0.3 is 0 Å². The van der Waals surface area contributed by atoms with Gasteiger partial charge in [-0.3, -0.25) is 0 Å². The molecule has 0 saturated carbocycles. The van der Waals surface area contributed by atoms with E-state index in [9.17, 15) is 0 Å². The SMILES string of the molecule is C1=CSC(C2SC=CCS2)CC1. The third-order valence-corrected chi connectivity index (χ3v) is 6.22. The molecule has 0 radical (unpaired) electrons. The van der Waals surface area contributed by atoms with Crippen molar-refractivity contribution < 1.29 is 0 Å². The standard InChI is InChI=1S/C9H12S3/c1-2-5-10-8(4-1)9-11-6-3-7-12-9/h2-3,5-6,8-9H,1,4,7H2. The Balaban J connectivity index is 1.90. The van der Waals surface area contributed by atoms with Crippen molar-refractivity contribution >= 4 is 35.3 Å². The predicted molar refractivity (Wildman–Crippen MR) is 62.7 cm³/mol. The Labute approximate surface area is 86.6 Å². The molecule has 2 aliphatic rings. The van der Waals surface area contributed by atoms with E-state index in [-0.39, 0.29) is 0 Å². The smallest absolute Gasteiger partial charge is 0.0668 e. The molecule has 0 N–H and O–H groups in total. The first kappa shape index (κ1) is 9.10. The fraction of sp³-hybridized carbons (Fsp3) is 0.556. The van der Waals surface area contributed by atoms with E-state index in [1.54, 1.807) is 0 Å². The molecule has 0 saturated heterocycles. The van der Waals surface area contributed by atoms with Crippen LogP contribution in [0.4, 0.5) is 0 Å². The average molecular weight is 216 g/mol. The van der Waals surface area contributed by atoms with Gasteiger partial charge in [0.05, 0.1) is 4.58 Å². The molecule has 12 heavy (non-hydrogen) atoms. The number of allylic oxidation sites excluding steroid dienone is 1.